The molecule has 0 aliphatic rings. The second-order valence-corrected chi connectivity index (χ2v) is 6.34. The van der Waals surface area contributed by atoms with Gasteiger partial charge in [0.05, 0.1) is 11.7 Å². The van der Waals surface area contributed by atoms with Crippen LogP contribution in [0.4, 0.5) is 70.2 Å². The second-order valence-electron chi connectivity index (χ2n) is 6.34. The first-order valence-corrected chi connectivity index (χ1v) is 7.65. The summed E-state index contributed by atoms with van der Waals surface area (Å²) in [4.78, 5) is 0. The van der Waals surface area contributed by atoms with Gasteiger partial charge in [0.15, 0.2) is 0 Å². The molecule has 0 aromatic heterocycles. The van der Waals surface area contributed by atoms with Crippen molar-refractivity contribution in [2.75, 3.05) is 0 Å². The van der Waals surface area contributed by atoms with Crippen LogP contribution in [0.5, 0.6) is 0 Å². The average molecular weight is 508 g/mol. The summed E-state index contributed by atoms with van der Waals surface area (Å²) in [6.45, 7) is 0. The number of benzene rings is 1. The summed E-state index contributed by atoms with van der Waals surface area (Å²) in [5, 5.41) is 9.43. The van der Waals surface area contributed by atoms with Gasteiger partial charge in [-0.3, -0.25) is 0 Å². The molecule has 1 atom stereocenters. The molecule has 0 amide bonds. The first-order valence-electron chi connectivity index (χ1n) is 7.65. The molecule has 0 bridgehead atoms. The summed E-state index contributed by atoms with van der Waals surface area (Å²) < 4.78 is 207. The maximum atomic E-state index is 13.7. The molecule has 1 aromatic rings. The first kappa shape index (κ1) is 28.1. The number of aliphatic hydroxyl groups is 1. The zero-order valence-electron chi connectivity index (χ0n) is 14.6. The predicted molar refractivity (Wildman–Crippen MR) is 71.8 cm³/mol. The van der Waals surface area contributed by atoms with Crippen molar-refractivity contribution in [3.8, 4) is 0 Å². The van der Waals surface area contributed by atoms with Gasteiger partial charge < -0.3 is 5.11 Å². The maximum Gasteiger partial charge on any atom is 0.460 e. The summed E-state index contributed by atoms with van der Waals surface area (Å²) in [5.74, 6) is -38.3. The molecule has 1 nitrogen and oxygen atoms in total. The summed E-state index contributed by atoms with van der Waals surface area (Å²) in [5.41, 5.74) is -2.91. The molecule has 17 heteroatoms. The standard InChI is InChI=1S/C15H8F16O/c16-9(17,5-8(32)6-2-1-3-7(4-6)10(18,19)20)11(21,22)12(23,24)13(25,26)14(27,28)15(29,30)31/h1-4,8,32H,5H2. The number of aliphatic hydroxyl groups excluding tert-OH is 1. The van der Waals surface area contributed by atoms with Crippen LogP contribution in [0.25, 0.3) is 0 Å². The molecule has 0 radical (unpaired) electrons. The molecule has 1 N–H and O–H groups in total. The van der Waals surface area contributed by atoms with Crippen molar-refractivity contribution in [2.45, 2.75) is 54.5 Å². The first-order chi connectivity index (χ1) is 13.8. The molecule has 0 heterocycles. The highest BCUT2D eigenvalue weighted by Crippen LogP contribution is 2.61. The van der Waals surface area contributed by atoms with Gasteiger partial charge in [-0.15, -0.1) is 0 Å². The Kier molecular flexibility index (Phi) is 6.87. The Labute approximate surface area is 166 Å². The lowest BCUT2D eigenvalue weighted by atomic mass is 9.90. The SMILES string of the molecule is OC(CC(F)(F)C(F)(F)C(F)(F)C(F)(F)C(F)(F)C(F)(F)F)c1cccc(C(F)(F)F)c1. The molecule has 0 spiro atoms. The second kappa shape index (κ2) is 7.83. The van der Waals surface area contributed by atoms with Crippen molar-refractivity contribution >= 4 is 0 Å². The van der Waals surface area contributed by atoms with E-state index in [4.69, 9.17) is 0 Å². The van der Waals surface area contributed by atoms with Gasteiger partial charge in [-0.2, -0.15) is 70.2 Å². The van der Waals surface area contributed by atoms with E-state index in [-0.39, 0.29) is 6.07 Å². The van der Waals surface area contributed by atoms with Gasteiger partial charge in [0.25, 0.3) is 0 Å². The summed E-state index contributed by atoms with van der Waals surface area (Å²) in [6, 6.07) is 1.04. The monoisotopic (exact) mass is 508 g/mol. The molecule has 1 rings (SSSR count). The minimum atomic E-state index is -8.10. The Morgan fingerprint density at radius 1 is 0.625 bits per heavy atom. The molecule has 0 aliphatic carbocycles. The van der Waals surface area contributed by atoms with E-state index in [0.29, 0.717) is 18.2 Å². The van der Waals surface area contributed by atoms with Crippen LogP contribution in [0.3, 0.4) is 0 Å². The highest BCUT2D eigenvalue weighted by Gasteiger charge is 2.90. The molecule has 32 heavy (non-hydrogen) atoms. The van der Waals surface area contributed by atoms with Gasteiger partial charge in [0.2, 0.25) is 0 Å². The predicted octanol–water partition coefficient (Wildman–Crippen LogP) is 6.87. The van der Waals surface area contributed by atoms with Crippen molar-refractivity contribution in [1.29, 1.82) is 0 Å². The highest BCUT2D eigenvalue weighted by atomic mass is 19.4. The van der Waals surface area contributed by atoms with Crippen LogP contribution in [-0.4, -0.2) is 40.9 Å². The number of hydrogen-bond acceptors (Lipinski definition) is 1. The van der Waals surface area contributed by atoms with E-state index in [1.165, 1.54) is 0 Å². The fourth-order valence-electron chi connectivity index (χ4n) is 2.21. The topological polar surface area (TPSA) is 20.2 Å². The van der Waals surface area contributed by atoms with Crippen LogP contribution in [0.15, 0.2) is 24.3 Å². The Morgan fingerprint density at radius 2 is 1.06 bits per heavy atom. The zero-order chi connectivity index (χ0) is 25.8. The normalized spacial score (nSPS) is 16.3. The largest absolute Gasteiger partial charge is 0.460 e. The minimum absolute atomic E-state index is 0.108. The van der Waals surface area contributed by atoms with Crippen molar-refractivity contribution in [3.63, 3.8) is 0 Å². The van der Waals surface area contributed by atoms with Gasteiger partial charge in [0, 0.05) is 6.42 Å². The lowest BCUT2D eigenvalue weighted by Gasteiger charge is -2.40. The molecule has 0 saturated carbocycles. The number of halogens is 16. The molecule has 186 valence electrons. The van der Waals surface area contributed by atoms with Crippen LogP contribution in [-0.2, 0) is 6.18 Å². The third kappa shape index (κ3) is 4.44. The minimum Gasteiger partial charge on any atom is -0.388 e. The van der Waals surface area contributed by atoms with Crippen molar-refractivity contribution in [1.82, 2.24) is 0 Å². The zero-order valence-corrected chi connectivity index (χ0v) is 14.6. The van der Waals surface area contributed by atoms with E-state index in [1.807, 2.05) is 0 Å². The van der Waals surface area contributed by atoms with E-state index >= 15 is 0 Å². The highest BCUT2D eigenvalue weighted by molar-refractivity contribution is 5.27. The summed E-state index contributed by atoms with van der Waals surface area (Å²) >= 11 is 0. The van der Waals surface area contributed by atoms with Crippen molar-refractivity contribution < 1.29 is 75.4 Å². The fourth-order valence-corrected chi connectivity index (χ4v) is 2.21. The third-order valence-corrected chi connectivity index (χ3v) is 4.05. The lowest BCUT2D eigenvalue weighted by molar-refractivity contribution is -0.440. The van der Waals surface area contributed by atoms with Crippen LogP contribution < -0.4 is 0 Å². The van der Waals surface area contributed by atoms with E-state index < -0.39 is 65.6 Å². The number of hydrogen-bond donors (Lipinski definition) is 1. The van der Waals surface area contributed by atoms with Gasteiger partial charge >= 0.3 is 42.0 Å². The molecular weight excluding hydrogens is 500 g/mol. The van der Waals surface area contributed by atoms with Crippen LogP contribution in [0.2, 0.25) is 0 Å². The molecule has 0 saturated heterocycles. The Bertz CT molecular complexity index is 806. The van der Waals surface area contributed by atoms with E-state index in [2.05, 4.69) is 0 Å². The van der Waals surface area contributed by atoms with Crippen LogP contribution in [0.1, 0.15) is 23.7 Å². The number of rotatable bonds is 7. The maximum absolute atomic E-state index is 13.7. The molecular formula is C15H8F16O. The number of alkyl halides is 16. The van der Waals surface area contributed by atoms with E-state index in [1.54, 1.807) is 0 Å². The molecule has 1 aromatic carbocycles. The van der Waals surface area contributed by atoms with Gasteiger partial charge in [-0.1, -0.05) is 12.1 Å². The Balaban J connectivity index is 3.37. The lowest BCUT2D eigenvalue weighted by Crippen LogP contribution is -2.70. The van der Waals surface area contributed by atoms with Crippen molar-refractivity contribution in [3.05, 3.63) is 35.4 Å². The molecule has 0 aliphatic heterocycles. The van der Waals surface area contributed by atoms with E-state index in [0.717, 1.165) is 0 Å². The molecule has 0 fully saturated rings. The quantitative estimate of drug-likeness (QED) is 0.399. The van der Waals surface area contributed by atoms with Crippen LogP contribution in [0, 0.1) is 0 Å². The summed E-state index contributed by atoms with van der Waals surface area (Å²) in [6.07, 6.45) is -19.0. The van der Waals surface area contributed by atoms with Crippen molar-refractivity contribution in [2.24, 2.45) is 0 Å². The van der Waals surface area contributed by atoms with E-state index in [9.17, 15) is 75.4 Å². The Morgan fingerprint density at radius 3 is 1.47 bits per heavy atom. The van der Waals surface area contributed by atoms with Crippen LogP contribution >= 0.6 is 0 Å². The van der Waals surface area contributed by atoms with Gasteiger partial charge in [0.1, 0.15) is 0 Å². The average Bonchev–Trinajstić information content (AvgIpc) is 2.59. The third-order valence-electron chi connectivity index (χ3n) is 4.05. The Hall–Kier alpha value is -1.94. The fraction of sp³-hybridized carbons (Fsp3) is 0.600. The van der Waals surface area contributed by atoms with Gasteiger partial charge in [-0.25, -0.2) is 0 Å². The molecule has 1 unspecified atom stereocenters. The van der Waals surface area contributed by atoms with Gasteiger partial charge in [-0.05, 0) is 17.7 Å². The summed E-state index contributed by atoms with van der Waals surface area (Å²) in [7, 11) is 0. The smallest absolute Gasteiger partial charge is 0.388 e.